The van der Waals surface area contributed by atoms with E-state index in [4.69, 9.17) is 9.47 Å². The van der Waals surface area contributed by atoms with E-state index in [0.29, 0.717) is 0 Å². The molecular weight excluding hydrogens is 196 g/mol. The van der Waals surface area contributed by atoms with Gasteiger partial charge in [-0.05, 0) is 31.8 Å². The Morgan fingerprint density at radius 1 is 1.00 bits per heavy atom. The van der Waals surface area contributed by atoms with Crippen LogP contribution >= 0.6 is 11.8 Å². The van der Waals surface area contributed by atoms with Gasteiger partial charge in [-0.3, -0.25) is 0 Å². The molecule has 0 saturated carbocycles. The summed E-state index contributed by atoms with van der Waals surface area (Å²) >= 11 is 2.00. The SMILES string of the molecule is CCCCSCCC(OCC)OCC. The molecule has 3 heteroatoms. The van der Waals surface area contributed by atoms with Crippen LogP contribution in [0.2, 0.25) is 0 Å². The first kappa shape index (κ1) is 14.3. The minimum absolute atomic E-state index is 0.0131. The van der Waals surface area contributed by atoms with E-state index in [1.54, 1.807) is 0 Å². The second kappa shape index (κ2) is 11.3. The Labute approximate surface area is 92.7 Å². The molecule has 0 amide bonds. The Bertz CT molecular complexity index is 103. The van der Waals surface area contributed by atoms with E-state index in [1.807, 2.05) is 25.6 Å². The maximum absolute atomic E-state index is 5.45. The van der Waals surface area contributed by atoms with Gasteiger partial charge in [-0.1, -0.05) is 13.3 Å². The quantitative estimate of drug-likeness (QED) is 0.416. The van der Waals surface area contributed by atoms with Crippen LogP contribution in [0.3, 0.4) is 0 Å². The molecule has 2 nitrogen and oxygen atoms in total. The fourth-order valence-electron chi connectivity index (χ4n) is 1.11. The van der Waals surface area contributed by atoms with E-state index in [2.05, 4.69) is 6.92 Å². The molecule has 0 N–H and O–H groups in total. The lowest BCUT2D eigenvalue weighted by Gasteiger charge is -2.16. The van der Waals surface area contributed by atoms with E-state index in [-0.39, 0.29) is 6.29 Å². The molecule has 0 aromatic carbocycles. The number of thioether (sulfide) groups is 1. The molecular formula is C11H24O2S. The maximum Gasteiger partial charge on any atom is 0.158 e. The van der Waals surface area contributed by atoms with E-state index in [0.717, 1.165) is 25.4 Å². The van der Waals surface area contributed by atoms with Crippen molar-refractivity contribution in [2.75, 3.05) is 24.7 Å². The predicted molar refractivity (Wildman–Crippen MR) is 63.9 cm³/mol. The Hall–Kier alpha value is 0.270. The van der Waals surface area contributed by atoms with Crippen LogP contribution in [0.5, 0.6) is 0 Å². The molecule has 0 unspecified atom stereocenters. The summed E-state index contributed by atoms with van der Waals surface area (Å²) in [5, 5.41) is 0. The summed E-state index contributed by atoms with van der Waals surface area (Å²) < 4.78 is 10.9. The van der Waals surface area contributed by atoms with Crippen molar-refractivity contribution < 1.29 is 9.47 Å². The molecule has 0 aromatic rings. The van der Waals surface area contributed by atoms with Gasteiger partial charge in [0.15, 0.2) is 6.29 Å². The third-order valence-corrected chi connectivity index (χ3v) is 2.95. The lowest BCUT2D eigenvalue weighted by molar-refractivity contribution is -0.136. The van der Waals surface area contributed by atoms with Crippen molar-refractivity contribution in [1.29, 1.82) is 0 Å². The van der Waals surface area contributed by atoms with Crippen LogP contribution in [0.1, 0.15) is 40.0 Å². The molecule has 0 heterocycles. The lowest BCUT2D eigenvalue weighted by Crippen LogP contribution is -2.18. The summed E-state index contributed by atoms with van der Waals surface area (Å²) in [5.41, 5.74) is 0. The zero-order valence-corrected chi connectivity index (χ0v) is 10.6. The van der Waals surface area contributed by atoms with Gasteiger partial charge in [0.2, 0.25) is 0 Å². The van der Waals surface area contributed by atoms with Crippen molar-refractivity contribution in [3.05, 3.63) is 0 Å². The van der Waals surface area contributed by atoms with Crippen LogP contribution in [-0.4, -0.2) is 31.0 Å². The minimum Gasteiger partial charge on any atom is -0.353 e. The first-order valence-corrected chi connectivity index (χ1v) is 6.81. The third-order valence-electron chi connectivity index (χ3n) is 1.85. The minimum atomic E-state index is 0.0131. The summed E-state index contributed by atoms with van der Waals surface area (Å²) in [6.45, 7) is 7.73. The second-order valence-electron chi connectivity index (χ2n) is 3.09. The average molecular weight is 220 g/mol. The lowest BCUT2D eigenvalue weighted by atomic mass is 10.4. The Morgan fingerprint density at radius 2 is 1.64 bits per heavy atom. The van der Waals surface area contributed by atoms with Crippen molar-refractivity contribution in [2.24, 2.45) is 0 Å². The van der Waals surface area contributed by atoms with Crippen LogP contribution in [0.4, 0.5) is 0 Å². The van der Waals surface area contributed by atoms with E-state index >= 15 is 0 Å². The monoisotopic (exact) mass is 220 g/mol. The number of rotatable bonds is 10. The van der Waals surface area contributed by atoms with Crippen LogP contribution < -0.4 is 0 Å². The van der Waals surface area contributed by atoms with Gasteiger partial charge >= 0.3 is 0 Å². The highest BCUT2D eigenvalue weighted by molar-refractivity contribution is 7.99. The molecule has 0 saturated heterocycles. The Morgan fingerprint density at radius 3 is 2.14 bits per heavy atom. The van der Waals surface area contributed by atoms with E-state index in [9.17, 15) is 0 Å². The molecule has 14 heavy (non-hydrogen) atoms. The highest BCUT2D eigenvalue weighted by atomic mass is 32.2. The maximum atomic E-state index is 5.45. The van der Waals surface area contributed by atoms with Gasteiger partial charge in [-0.15, -0.1) is 0 Å². The molecule has 0 aliphatic heterocycles. The number of hydrogen-bond donors (Lipinski definition) is 0. The molecule has 0 atom stereocenters. The summed E-state index contributed by atoms with van der Waals surface area (Å²) in [6, 6.07) is 0. The molecule has 0 aliphatic rings. The Balaban J connectivity index is 3.30. The molecule has 0 radical (unpaired) electrons. The molecule has 0 bridgehead atoms. The fraction of sp³-hybridized carbons (Fsp3) is 1.00. The van der Waals surface area contributed by atoms with Crippen molar-refractivity contribution >= 4 is 11.8 Å². The van der Waals surface area contributed by atoms with Gasteiger partial charge in [0.25, 0.3) is 0 Å². The molecule has 0 aliphatic carbocycles. The van der Waals surface area contributed by atoms with Crippen molar-refractivity contribution in [3.8, 4) is 0 Å². The molecule has 0 rings (SSSR count). The normalized spacial score (nSPS) is 11.1. The predicted octanol–water partition coefficient (Wildman–Crippen LogP) is 3.31. The number of unbranched alkanes of at least 4 members (excludes halogenated alkanes) is 1. The van der Waals surface area contributed by atoms with Crippen molar-refractivity contribution in [2.45, 2.75) is 46.3 Å². The average Bonchev–Trinajstić information content (AvgIpc) is 2.18. The van der Waals surface area contributed by atoms with Gasteiger partial charge in [0, 0.05) is 19.6 Å². The molecule has 0 aromatic heterocycles. The zero-order valence-electron chi connectivity index (χ0n) is 9.75. The summed E-state index contributed by atoms with van der Waals surface area (Å²) in [5.74, 6) is 2.41. The molecule has 0 fully saturated rings. The smallest absolute Gasteiger partial charge is 0.158 e. The van der Waals surface area contributed by atoms with E-state index < -0.39 is 0 Å². The topological polar surface area (TPSA) is 18.5 Å². The van der Waals surface area contributed by atoms with Gasteiger partial charge in [-0.2, -0.15) is 11.8 Å². The van der Waals surface area contributed by atoms with Gasteiger partial charge in [0.1, 0.15) is 0 Å². The standard InChI is InChI=1S/C11H24O2S/c1-4-7-9-14-10-8-11(12-5-2)13-6-3/h11H,4-10H2,1-3H3. The molecule has 0 spiro atoms. The number of hydrogen-bond acceptors (Lipinski definition) is 3. The van der Waals surface area contributed by atoms with Crippen molar-refractivity contribution in [3.63, 3.8) is 0 Å². The number of ether oxygens (including phenoxy) is 2. The first-order chi connectivity index (χ1) is 6.85. The van der Waals surface area contributed by atoms with Crippen LogP contribution in [0.25, 0.3) is 0 Å². The second-order valence-corrected chi connectivity index (χ2v) is 4.32. The van der Waals surface area contributed by atoms with Gasteiger partial charge in [0.05, 0.1) is 0 Å². The summed E-state index contributed by atoms with van der Waals surface area (Å²) in [4.78, 5) is 0. The summed E-state index contributed by atoms with van der Waals surface area (Å²) in [6.07, 6.45) is 3.63. The van der Waals surface area contributed by atoms with Gasteiger partial charge in [-0.25, -0.2) is 0 Å². The zero-order chi connectivity index (χ0) is 10.6. The van der Waals surface area contributed by atoms with Crippen LogP contribution in [-0.2, 0) is 9.47 Å². The molecule has 86 valence electrons. The fourth-order valence-corrected chi connectivity index (χ4v) is 2.17. The third kappa shape index (κ3) is 8.85. The largest absolute Gasteiger partial charge is 0.353 e. The van der Waals surface area contributed by atoms with Crippen LogP contribution in [0.15, 0.2) is 0 Å². The first-order valence-electron chi connectivity index (χ1n) is 5.66. The van der Waals surface area contributed by atoms with Crippen molar-refractivity contribution in [1.82, 2.24) is 0 Å². The highest BCUT2D eigenvalue weighted by Crippen LogP contribution is 2.10. The highest BCUT2D eigenvalue weighted by Gasteiger charge is 2.06. The Kier molecular flexibility index (Phi) is 11.6. The van der Waals surface area contributed by atoms with E-state index in [1.165, 1.54) is 18.6 Å². The van der Waals surface area contributed by atoms with Gasteiger partial charge < -0.3 is 9.47 Å². The van der Waals surface area contributed by atoms with Crippen LogP contribution in [0, 0.1) is 0 Å². The summed E-state index contributed by atoms with van der Waals surface area (Å²) in [7, 11) is 0.